The predicted octanol–water partition coefficient (Wildman–Crippen LogP) is 3.13. The Kier molecular flexibility index (Phi) is 3.51. The van der Waals surface area contributed by atoms with Crippen LogP contribution in [-0.2, 0) is 6.61 Å². The number of ether oxygens (including phenoxy) is 1. The van der Waals surface area contributed by atoms with Gasteiger partial charge in [-0.3, -0.25) is 0 Å². The van der Waals surface area contributed by atoms with Crippen LogP contribution in [0.2, 0.25) is 0 Å². The second kappa shape index (κ2) is 5.07. The molecule has 16 heavy (non-hydrogen) atoms. The Labute approximate surface area is 103 Å². The fourth-order valence-electron chi connectivity index (χ4n) is 1.30. The summed E-state index contributed by atoms with van der Waals surface area (Å²) < 4.78 is 6.40. The van der Waals surface area contributed by atoms with Gasteiger partial charge in [-0.1, -0.05) is 18.2 Å². The third-order valence-electron chi connectivity index (χ3n) is 2.12. The van der Waals surface area contributed by atoms with Gasteiger partial charge in [-0.15, -0.1) is 0 Å². The second-order valence-corrected chi connectivity index (χ2v) is 4.16. The van der Waals surface area contributed by atoms with Crippen LogP contribution in [0.3, 0.4) is 0 Å². The molecule has 0 saturated carbocycles. The van der Waals surface area contributed by atoms with Crippen LogP contribution in [0.15, 0.2) is 41.1 Å². The Morgan fingerprint density at radius 3 is 2.81 bits per heavy atom. The lowest BCUT2D eigenvalue weighted by atomic mass is 10.2. The molecule has 1 aromatic heterocycles. The summed E-state index contributed by atoms with van der Waals surface area (Å²) in [5.41, 5.74) is 1.11. The van der Waals surface area contributed by atoms with Crippen molar-refractivity contribution in [3.63, 3.8) is 0 Å². The first-order valence-corrected chi connectivity index (χ1v) is 5.71. The minimum atomic E-state index is 0.379. The van der Waals surface area contributed by atoms with Crippen LogP contribution in [0.25, 0.3) is 0 Å². The molecule has 2 rings (SSSR count). The highest BCUT2D eigenvalue weighted by Crippen LogP contribution is 2.17. The molecule has 1 aromatic carbocycles. The van der Waals surface area contributed by atoms with Crippen LogP contribution in [0.1, 0.15) is 11.4 Å². The third kappa shape index (κ3) is 2.79. The van der Waals surface area contributed by atoms with E-state index in [4.69, 9.17) is 4.74 Å². The molecule has 0 amide bonds. The highest BCUT2D eigenvalue weighted by molar-refractivity contribution is 9.10. The number of para-hydroxylation sites is 1. The fourth-order valence-corrected chi connectivity index (χ4v) is 1.63. The average molecular weight is 279 g/mol. The molecule has 0 atom stereocenters. The summed E-state index contributed by atoms with van der Waals surface area (Å²) in [6.07, 6.45) is 1.70. The van der Waals surface area contributed by atoms with Gasteiger partial charge in [-0.25, -0.2) is 9.97 Å². The van der Waals surface area contributed by atoms with Gasteiger partial charge >= 0.3 is 0 Å². The van der Waals surface area contributed by atoms with Crippen molar-refractivity contribution >= 4 is 15.9 Å². The van der Waals surface area contributed by atoms with E-state index in [0.717, 1.165) is 15.9 Å². The second-order valence-electron chi connectivity index (χ2n) is 3.35. The molecule has 0 aliphatic carbocycles. The van der Waals surface area contributed by atoms with Gasteiger partial charge in [0.2, 0.25) is 0 Å². The molecule has 0 saturated heterocycles. The molecule has 0 aliphatic heterocycles. The van der Waals surface area contributed by atoms with E-state index in [1.807, 2.05) is 31.2 Å². The summed E-state index contributed by atoms with van der Waals surface area (Å²) in [7, 11) is 0. The van der Waals surface area contributed by atoms with Gasteiger partial charge in [0.1, 0.15) is 17.0 Å². The molecule has 0 spiro atoms. The lowest BCUT2D eigenvalue weighted by molar-refractivity contribution is 0.293. The van der Waals surface area contributed by atoms with E-state index < -0.39 is 0 Å². The van der Waals surface area contributed by atoms with Gasteiger partial charge < -0.3 is 4.74 Å². The van der Waals surface area contributed by atoms with E-state index in [0.29, 0.717) is 12.4 Å². The maximum atomic E-state index is 5.63. The van der Waals surface area contributed by atoms with Crippen molar-refractivity contribution in [1.29, 1.82) is 0 Å². The van der Waals surface area contributed by atoms with Crippen molar-refractivity contribution in [2.75, 3.05) is 0 Å². The molecule has 0 fully saturated rings. The van der Waals surface area contributed by atoms with Crippen LogP contribution >= 0.6 is 15.9 Å². The van der Waals surface area contributed by atoms with Crippen LogP contribution in [0, 0.1) is 6.92 Å². The Morgan fingerprint density at radius 2 is 2.06 bits per heavy atom. The predicted molar refractivity (Wildman–Crippen MR) is 65.2 cm³/mol. The van der Waals surface area contributed by atoms with E-state index in [1.165, 1.54) is 0 Å². The molecule has 3 nitrogen and oxygen atoms in total. The maximum Gasteiger partial charge on any atom is 0.167 e. The molecule has 0 unspecified atom stereocenters. The average Bonchev–Trinajstić information content (AvgIpc) is 2.28. The Bertz CT molecular complexity index is 488. The minimum Gasteiger partial charge on any atom is -0.485 e. The summed E-state index contributed by atoms with van der Waals surface area (Å²) >= 11 is 3.30. The Morgan fingerprint density at radius 1 is 1.25 bits per heavy atom. The number of nitrogens with zero attached hydrogens (tertiary/aromatic N) is 2. The van der Waals surface area contributed by atoms with Crippen LogP contribution < -0.4 is 4.74 Å². The first-order chi connectivity index (χ1) is 7.75. The number of aromatic nitrogens is 2. The number of halogens is 1. The largest absolute Gasteiger partial charge is 0.485 e. The molecule has 82 valence electrons. The van der Waals surface area contributed by atoms with E-state index in [1.54, 1.807) is 12.3 Å². The molecule has 0 bridgehead atoms. The van der Waals surface area contributed by atoms with E-state index >= 15 is 0 Å². The first kappa shape index (κ1) is 11.1. The van der Waals surface area contributed by atoms with E-state index in [9.17, 15) is 0 Å². The monoisotopic (exact) mass is 278 g/mol. The van der Waals surface area contributed by atoms with Crippen molar-refractivity contribution in [2.24, 2.45) is 0 Å². The number of hydrogen-bond donors (Lipinski definition) is 0. The van der Waals surface area contributed by atoms with Gasteiger partial charge in [-0.2, -0.15) is 0 Å². The molecule has 0 radical (unpaired) electrons. The van der Waals surface area contributed by atoms with Crippen molar-refractivity contribution in [1.82, 2.24) is 9.97 Å². The highest BCUT2D eigenvalue weighted by atomic mass is 79.9. The standard InChI is InChI=1S/C12H11BrN2O/c1-9-4-2-3-5-10(9)16-8-12-14-7-6-11(13)15-12/h2-7H,8H2,1H3. The van der Waals surface area contributed by atoms with Gasteiger partial charge in [0, 0.05) is 6.20 Å². The summed E-state index contributed by atoms with van der Waals surface area (Å²) in [4.78, 5) is 8.32. The number of rotatable bonds is 3. The van der Waals surface area contributed by atoms with Gasteiger partial charge in [0.25, 0.3) is 0 Å². The Hall–Kier alpha value is -1.42. The molecular weight excluding hydrogens is 268 g/mol. The van der Waals surface area contributed by atoms with Gasteiger partial charge in [-0.05, 0) is 40.5 Å². The zero-order chi connectivity index (χ0) is 11.4. The maximum absolute atomic E-state index is 5.63. The van der Waals surface area contributed by atoms with Crippen molar-refractivity contribution in [3.05, 3.63) is 52.5 Å². The fraction of sp³-hybridized carbons (Fsp3) is 0.167. The van der Waals surface area contributed by atoms with Crippen LogP contribution in [0.4, 0.5) is 0 Å². The third-order valence-corrected chi connectivity index (χ3v) is 2.56. The first-order valence-electron chi connectivity index (χ1n) is 4.91. The number of aryl methyl sites for hydroxylation is 1. The van der Waals surface area contributed by atoms with Crippen LogP contribution in [-0.4, -0.2) is 9.97 Å². The summed E-state index contributed by atoms with van der Waals surface area (Å²) in [5.74, 6) is 1.53. The summed E-state index contributed by atoms with van der Waals surface area (Å²) in [5, 5.41) is 0. The summed E-state index contributed by atoms with van der Waals surface area (Å²) in [6.45, 7) is 2.39. The molecule has 0 N–H and O–H groups in total. The molecule has 0 aliphatic rings. The van der Waals surface area contributed by atoms with Gasteiger partial charge in [0.15, 0.2) is 5.82 Å². The summed E-state index contributed by atoms with van der Waals surface area (Å²) in [6, 6.07) is 9.67. The normalized spacial score (nSPS) is 10.1. The van der Waals surface area contributed by atoms with E-state index in [-0.39, 0.29) is 0 Å². The Balaban J connectivity index is 2.05. The quantitative estimate of drug-likeness (QED) is 0.810. The van der Waals surface area contributed by atoms with Crippen molar-refractivity contribution in [2.45, 2.75) is 13.5 Å². The number of hydrogen-bond acceptors (Lipinski definition) is 3. The lowest BCUT2D eigenvalue weighted by Gasteiger charge is -2.07. The number of benzene rings is 1. The van der Waals surface area contributed by atoms with Gasteiger partial charge in [0.05, 0.1) is 0 Å². The molecule has 4 heteroatoms. The van der Waals surface area contributed by atoms with E-state index in [2.05, 4.69) is 25.9 Å². The topological polar surface area (TPSA) is 35.0 Å². The highest BCUT2D eigenvalue weighted by Gasteiger charge is 2.01. The zero-order valence-electron chi connectivity index (χ0n) is 8.85. The smallest absolute Gasteiger partial charge is 0.167 e. The SMILES string of the molecule is Cc1ccccc1OCc1nccc(Br)n1. The molecule has 1 heterocycles. The molecular formula is C12H11BrN2O. The molecule has 2 aromatic rings. The van der Waals surface area contributed by atoms with Crippen LogP contribution in [0.5, 0.6) is 5.75 Å². The van der Waals surface area contributed by atoms with Crippen molar-refractivity contribution < 1.29 is 4.74 Å². The lowest BCUT2D eigenvalue weighted by Crippen LogP contribution is -2.01. The van der Waals surface area contributed by atoms with Crippen molar-refractivity contribution in [3.8, 4) is 5.75 Å². The minimum absolute atomic E-state index is 0.379. The zero-order valence-corrected chi connectivity index (χ0v) is 10.4.